The average molecular weight is 290 g/mol. The molecule has 0 aromatic carbocycles. The lowest BCUT2D eigenvalue weighted by Gasteiger charge is -2.30. The molecule has 0 bridgehead atoms. The third kappa shape index (κ3) is 2.49. The summed E-state index contributed by atoms with van der Waals surface area (Å²) in [5.74, 6) is -0.125. The molecule has 2 rings (SSSR count). The van der Waals surface area contributed by atoms with Gasteiger partial charge in [0, 0.05) is 24.4 Å². The van der Waals surface area contributed by atoms with Crippen molar-refractivity contribution in [1.82, 2.24) is 4.98 Å². The summed E-state index contributed by atoms with van der Waals surface area (Å²) in [5.41, 5.74) is 5.28. The number of carbonyl (C=O) groups excluding carboxylic acids is 1. The molecule has 0 unspecified atom stereocenters. The van der Waals surface area contributed by atoms with Gasteiger partial charge in [-0.15, -0.1) is 11.3 Å². The molecule has 1 aromatic heterocycles. The summed E-state index contributed by atoms with van der Waals surface area (Å²) in [4.78, 5) is 17.5. The zero-order valence-electron chi connectivity index (χ0n) is 8.15. The highest BCUT2D eigenvalue weighted by atomic mass is 79.9. The highest BCUT2D eigenvalue weighted by Crippen LogP contribution is 2.27. The van der Waals surface area contributed by atoms with Gasteiger partial charge in [0.1, 0.15) is 4.60 Å². The van der Waals surface area contributed by atoms with Crippen LogP contribution in [0.25, 0.3) is 0 Å². The first-order chi connectivity index (χ1) is 7.16. The first-order valence-corrected chi connectivity index (χ1v) is 6.49. The summed E-state index contributed by atoms with van der Waals surface area (Å²) < 4.78 is 0.875. The van der Waals surface area contributed by atoms with Gasteiger partial charge in [0.2, 0.25) is 5.91 Å². The Balaban J connectivity index is 1.96. The quantitative estimate of drug-likeness (QED) is 0.900. The number of aromatic nitrogens is 1. The van der Waals surface area contributed by atoms with E-state index in [0.717, 1.165) is 35.7 Å². The van der Waals surface area contributed by atoms with Crippen molar-refractivity contribution in [2.45, 2.75) is 12.8 Å². The number of piperidine rings is 1. The number of nitrogens with zero attached hydrogens (tertiary/aromatic N) is 2. The van der Waals surface area contributed by atoms with Crippen LogP contribution in [-0.2, 0) is 4.79 Å². The number of nitrogens with two attached hydrogens (primary N) is 1. The van der Waals surface area contributed by atoms with Gasteiger partial charge in [0.25, 0.3) is 0 Å². The Morgan fingerprint density at radius 3 is 2.73 bits per heavy atom. The minimum atomic E-state index is -0.171. The number of anilines is 1. The molecule has 0 spiro atoms. The second-order valence-electron chi connectivity index (χ2n) is 3.62. The van der Waals surface area contributed by atoms with Gasteiger partial charge in [-0.05, 0) is 28.8 Å². The Hall–Kier alpha value is -0.620. The summed E-state index contributed by atoms with van der Waals surface area (Å²) in [6.45, 7) is 1.74. The Kier molecular flexibility index (Phi) is 3.25. The maximum absolute atomic E-state index is 11.0. The molecule has 0 radical (unpaired) electrons. The van der Waals surface area contributed by atoms with Crippen molar-refractivity contribution < 1.29 is 4.79 Å². The summed E-state index contributed by atoms with van der Waals surface area (Å²) in [6.07, 6.45) is 1.68. The minimum absolute atomic E-state index is 0.0460. The van der Waals surface area contributed by atoms with E-state index in [1.807, 2.05) is 5.38 Å². The summed E-state index contributed by atoms with van der Waals surface area (Å²) in [7, 11) is 0. The van der Waals surface area contributed by atoms with Gasteiger partial charge in [-0.3, -0.25) is 4.79 Å². The van der Waals surface area contributed by atoms with Gasteiger partial charge in [-0.2, -0.15) is 0 Å². The average Bonchev–Trinajstić information content (AvgIpc) is 2.65. The van der Waals surface area contributed by atoms with Crippen LogP contribution in [-0.4, -0.2) is 24.0 Å². The van der Waals surface area contributed by atoms with Crippen LogP contribution in [0.15, 0.2) is 9.98 Å². The fraction of sp³-hybridized carbons (Fsp3) is 0.556. The van der Waals surface area contributed by atoms with Crippen LogP contribution in [0.3, 0.4) is 0 Å². The molecule has 15 heavy (non-hydrogen) atoms. The number of rotatable bonds is 2. The van der Waals surface area contributed by atoms with E-state index in [1.54, 1.807) is 11.3 Å². The number of amides is 1. The SMILES string of the molecule is NC(=O)C1CCN(c2nc(Br)cs2)CC1. The van der Waals surface area contributed by atoms with E-state index < -0.39 is 0 Å². The summed E-state index contributed by atoms with van der Waals surface area (Å²) in [5, 5.41) is 2.99. The van der Waals surface area contributed by atoms with Crippen LogP contribution >= 0.6 is 27.3 Å². The fourth-order valence-corrected chi connectivity index (χ4v) is 3.05. The fourth-order valence-electron chi connectivity index (χ4n) is 1.75. The molecule has 1 aliphatic heterocycles. The van der Waals surface area contributed by atoms with Crippen molar-refractivity contribution in [2.24, 2.45) is 11.7 Å². The predicted molar refractivity (Wildman–Crippen MR) is 63.9 cm³/mol. The molecule has 6 heteroatoms. The molecular formula is C9H12BrN3OS. The Morgan fingerprint density at radius 2 is 2.27 bits per heavy atom. The van der Waals surface area contributed by atoms with E-state index >= 15 is 0 Å². The van der Waals surface area contributed by atoms with Crippen molar-refractivity contribution in [3.8, 4) is 0 Å². The normalized spacial score (nSPS) is 18.1. The number of carbonyl (C=O) groups is 1. The van der Waals surface area contributed by atoms with E-state index in [2.05, 4.69) is 25.8 Å². The molecule has 1 aliphatic rings. The van der Waals surface area contributed by atoms with E-state index in [-0.39, 0.29) is 11.8 Å². The molecule has 2 heterocycles. The Morgan fingerprint density at radius 1 is 1.60 bits per heavy atom. The molecule has 1 aromatic rings. The molecule has 1 fully saturated rings. The van der Waals surface area contributed by atoms with Crippen LogP contribution in [0, 0.1) is 5.92 Å². The Labute approximate surface area is 101 Å². The molecule has 0 atom stereocenters. The Bertz CT molecular complexity index is 360. The minimum Gasteiger partial charge on any atom is -0.369 e. The zero-order valence-corrected chi connectivity index (χ0v) is 10.6. The van der Waals surface area contributed by atoms with E-state index in [4.69, 9.17) is 5.73 Å². The lowest BCUT2D eigenvalue weighted by atomic mass is 9.97. The second-order valence-corrected chi connectivity index (χ2v) is 5.27. The van der Waals surface area contributed by atoms with Crippen LogP contribution in [0.5, 0.6) is 0 Å². The van der Waals surface area contributed by atoms with E-state index in [1.165, 1.54) is 0 Å². The predicted octanol–water partition coefficient (Wildman–Crippen LogP) is 1.61. The largest absolute Gasteiger partial charge is 0.369 e. The van der Waals surface area contributed by atoms with Gasteiger partial charge in [-0.25, -0.2) is 4.98 Å². The van der Waals surface area contributed by atoms with Gasteiger partial charge in [0.05, 0.1) is 0 Å². The first kappa shape index (κ1) is 10.9. The maximum Gasteiger partial charge on any atom is 0.220 e. The smallest absolute Gasteiger partial charge is 0.220 e. The molecule has 4 nitrogen and oxygen atoms in total. The van der Waals surface area contributed by atoms with Crippen LogP contribution < -0.4 is 10.6 Å². The molecule has 82 valence electrons. The molecular weight excluding hydrogens is 278 g/mol. The standard InChI is InChI=1S/C9H12BrN3OS/c10-7-5-15-9(12-7)13-3-1-6(2-4-13)8(11)14/h5-6H,1-4H2,(H2,11,14). The second kappa shape index (κ2) is 4.49. The maximum atomic E-state index is 11.0. The van der Waals surface area contributed by atoms with E-state index in [9.17, 15) is 4.79 Å². The van der Waals surface area contributed by atoms with Crippen molar-refractivity contribution >= 4 is 38.3 Å². The van der Waals surface area contributed by atoms with Crippen molar-refractivity contribution in [3.05, 3.63) is 9.98 Å². The van der Waals surface area contributed by atoms with E-state index in [0.29, 0.717) is 0 Å². The molecule has 1 saturated heterocycles. The lowest BCUT2D eigenvalue weighted by molar-refractivity contribution is -0.122. The van der Waals surface area contributed by atoms with Crippen molar-refractivity contribution in [2.75, 3.05) is 18.0 Å². The molecule has 0 saturated carbocycles. The number of thiazole rings is 1. The van der Waals surface area contributed by atoms with Gasteiger partial charge >= 0.3 is 0 Å². The highest BCUT2D eigenvalue weighted by Gasteiger charge is 2.24. The summed E-state index contributed by atoms with van der Waals surface area (Å²) >= 11 is 4.95. The molecule has 2 N–H and O–H groups in total. The number of hydrogen-bond donors (Lipinski definition) is 1. The summed E-state index contributed by atoms with van der Waals surface area (Å²) in [6, 6.07) is 0. The topological polar surface area (TPSA) is 59.2 Å². The molecule has 1 amide bonds. The van der Waals surface area contributed by atoms with Crippen molar-refractivity contribution in [1.29, 1.82) is 0 Å². The van der Waals surface area contributed by atoms with Crippen LogP contribution in [0.1, 0.15) is 12.8 Å². The van der Waals surface area contributed by atoms with Gasteiger partial charge in [-0.1, -0.05) is 0 Å². The highest BCUT2D eigenvalue weighted by molar-refractivity contribution is 9.10. The lowest BCUT2D eigenvalue weighted by Crippen LogP contribution is -2.38. The number of hydrogen-bond acceptors (Lipinski definition) is 4. The van der Waals surface area contributed by atoms with Crippen molar-refractivity contribution in [3.63, 3.8) is 0 Å². The third-order valence-corrected chi connectivity index (χ3v) is 4.24. The first-order valence-electron chi connectivity index (χ1n) is 4.82. The van der Waals surface area contributed by atoms with Gasteiger partial charge in [0.15, 0.2) is 5.13 Å². The van der Waals surface area contributed by atoms with Crippen LogP contribution in [0.4, 0.5) is 5.13 Å². The monoisotopic (exact) mass is 289 g/mol. The number of halogens is 1. The van der Waals surface area contributed by atoms with Gasteiger partial charge < -0.3 is 10.6 Å². The third-order valence-electron chi connectivity index (χ3n) is 2.63. The van der Waals surface area contributed by atoms with Crippen LogP contribution in [0.2, 0.25) is 0 Å². The zero-order chi connectivity index (χ0) is 10.8. The molecule has 0 aliphatic carbocycles. The number of primary amides is 1.